The number of carbonyl (C=O) groups excluding carboxylic acids is 1. The Kier molecular flexibility index (Phi) is 6.21. The fourth-order valence-corrected chi connectivity index (χ4v) is 5.55. The van der Waals surface area contributed by atoms with Gasteiger partial charge in [0.25, 0.3) is 0 Å². The number of methoxy groups -OCH3 is 1. The molecule has 1 rings (SSSR count). The van der Waals surface area contributed by atoms with E-state index in [1.807, 2.05) is 37.3 Å². The van der Waals surface area contributed by atoms with E-state index < -0.39 is 20.1 Å². The highest BCUT2D eigenvalue weighted by Gasteiger charge is 2.40. The molecule has 21 heavy (non-hydrogen) atoms. The Labute approximate surface area is 126 Å². The van der Waals surface area contributed by atoms with Gasteiger partial charge in [-0.25, -0.2) is 0 Å². The van der Waals surface area contributed by atoms with Gasteiger partial charge in [-0.1, -0.05) is 65.9 Å². The third-order valence-electron chi connectivity index (χ3n) is 3.71. The van der Waals surface area contributed by atoms with Crippen molar-refractivity contribution in [3.05, 3.63) is 52.9 Å². The molecular weight excluding hydrogens is 282 g/mol. The van der Waals surface area contributed by atoms with Crippen molar-refractivity contribution in [2.75, 3.05) is 7.11 Å². The highest BCUT2D eigenvalue weighted by atomic mass is 28.3. The molecule has 0 aliphatic carbocycles. The van der Waals surface area contributed by atoms with Gasteiger partial charge in [0, 0.05) is 4.91 Å². The molecule has 0 saturated carbocycles. The van der Waals surface area contributed by atoms with Gasteiger partial charge < -0.3 is 4.74 Å². The van der Waals surface area contributed by atoms with Gasteiger partial charge in [-0.3, -0.25) is 4.79 Å². The molecule has 0 fully saturated rings. The van der Waals surface area contributed by atoms with E-state index in [-0.39, 0.29) is 5.54 Å². The number of ether oxygens (including phenoxy) is 1. The van der Waals surface area contributed by atoms with E-state index in [0.29, 0.717) is 0 Å². The zero-order chi connectivity index (χ0) is 15.9. The van der Waals surface area contributed by atoms with E-state index >= 15 is 0 Å². The molecule has 0 aromatic heterocycles. The smallest absolute Gasteiger partial charge is 0.314 e. The first kappa shape index (κ1) is 17.0. The number of rotatable bonds is 6. The van der Waals surface area contributed by atoms with Gasteiger partial charge in [0.05, 0.1) is 15.2 Å². The van der Waals surface area contributed by atoms with Crippen molar-refractivity contribution < 1.29 is 9.53 Å². The number of hydrogen-bond acceptors (Lipinski definition) is 3. The summed E-state index contributed by atoms with van der Waals surface area (Å²) in [5.74, 6) is -0.493. The standard InChI is InChI=1S/C15H21N3O2Si/c1-5-9-13(14(17-18-16)15(19)20-2)21(3,4)12-10-7-6-8-11-12/h5-11,13-14H,1-4H3/b9-5+/t13-,14-/m0/s1. The van der Waals surface area contributed by atoms with E-state index in [9.17, 15) is 4.79 Å². The van der Waals surface area contributed by atoms with Crippen LogP contribution >= 0.6 is 0 Å². The summed E-state index contributed by atoms with van der Waals surface area (Å²) < 4.78 is 4.81. The minimum Gasteiger partial charge on any atom is -0.469 e. The Bertz CT molecular complexity index is 551. The van der Waals surface area contributed by atoms with Crippen molar-refractivity contribution in [2.45, 2.75) is 31.6 Å². The van der Waals surface area contributed by atoms with Crippen LogP contribution in [-0.2, 0) is 9.53 Å². The normalized spacial score (nSPS) is 14.3. The SMILES string of the molecule is C/C=C/[C@@H]([C@H](N=[N+]=[N-])C(=O)OC)[Si](C)(C)c1ccccc1. The lowest BCUT2D eigenvalue weighted by molar-refractivity contribution is -0.142. The monoisotopic (exact) mass is 303 g/mol. The van der Waals surface area contributed by atoms with Gasteiger partial charge in [0.15, 0.2) is 0 Å². The summed E-state index contributed by atoms with van der Waals surface area (Å²) in [5.41, 5.74) is 8.62. The Balaban J connectivity index is 3.32. The van der Waals surface area contributed by atoms with Gasteiger partial charge in [0.1, 0.15) is 6.04 Å². The van der Waals surface area contributed by atoms with Crippen LogP contribution in [0, 0.1) is 0 Å². The lowest BCUT2D eigenvalue weighted by Crippen LogP contribution is -2.50. The summed E-state index contributed by atoms with van der Waals surface area (Å²) in [5, 5.41) is 4.90. The molecule has 0 aliphatic heterocycles. The lowest BCUT2D eigenvalue weighted by atomic mass is 10.2. The number of allylic oxidation sites excluding steroid dienone is 1. The quantitative estimate of drug-likeness (QED) is 0.202. The number of carbonyl (C=O) groups is 1. The fraction of sp³-hybridized carbons (Fsp3) is 0.400. The maximum atomic E-state index is 12.0. The molecule has 0 heterocycles. The summed E-state index contributed by atoms with van der Waals surface area (Å²) >= 11 is 0. The minimum atomic E-state index is -2.06. The van der Waals surface area contributed by atoms with E-state index in [2.05, 4.69) is 35.3 Å². The zero-order valence-electron chi connectivity index (χ0n) is 12.9. The van der Waals surface area contributed by atoms with Gasteiger partial charge in [-0.2, -0.15) is 0 Å². The minimum absolute atomic E-state index is 0.159. The first-order chi connectivity index (χ1) is 9.98. The van der Waals surface area contributed by atoms with Crippen LogP contribution in [0.2, 0.25) is 18.6 Å². The number of nitrogens with zero attached hydrogens (tertiary/aromatic N) is 3. The fourth-order valence-electron chi connectivity index (χ4n) is 2.45. The molecule has 2 atom stereocenters. The van der Waals surface area contributed by atoms with Gasteiger partial charge >= 0.3 is 5.97 Å². The van der Waals surface area contributed by atoms with Crippen molar-refractivity contribution in [3.8, 4) is 0 Å². The molecule has 0 bridgehead atoms. The summed E-state index contributed by atoms with van der Waals surface area (Å²) in [6.45, 7) is 6.22. The molecule has 0 unspecified atom stereocenters. The molecular formula is C15H21N3O2Si. The average Bonchev–Trinajstić information content (AvgIpc) is 2.50. The molecule has 1 aromatic carbocycles. The largest absolute Gasteiger partial charge is 0.469 e. The molecule has 5 nitrogen and oxygen atoms in total. The number of azide groups is 1. The molecule has 0 saturated heterocycles. The average molecular weight is 303 g/mol. The summed E-state index contributed by atoms with van der Waals surface area (Å²) in [7, 11) is -0.750. The Morgan fingerprint density at radius 1 is 1.38 bits per heavy atom. The van der Waals surface area contributed by atoms with E-state index in [1.54, 1.807) is 0 Å². The molecule has 0 amide bonds. The summed E-state index contributed by atoms with van der Waals surface area (Å²) in [4.78, 5) is 14.8. The van der Waals surface area contributed by atoms with Crippen molar-refractivity contribution in [2.24, 2.45) is 5.11 Å². The predicted molar refractivity (Wildman–Crippen MR) is 87.1 cm³/mol. The maximum absolute atomic E-state index is 12.0. The van der Waals surface area contributed by atoms with Gasteiger partial charge in [-0.15, -0.1) is 0 Å². The van der Waals surface area contributed by atoms with Crippen LogP contribution in [0.25, 0.3) is 10.4 Å². The van der Waals surface area contributed by atoms with Crippen molar-refractivity contribution in [1.82, 2.24) is 0 Å². The van der Waals surface area contributed by atoms with Crippen LogP contribution in [-0.4, -0.2) is 27.2 Å². The van der Waals surface area contributed by atoms with E-state index in [4.69, 9.17) is 10.3 Å². The van der Waals surface area contributed by atoms with Crippen LogP contribution in [0.15, 0.2) is 47.6 Å². The number of hydrogen-bond donors (Lipinski definition) is 0. The summed E-state index contributed by atoms with van der Waals surface area (Å²) in [6, 6.07) is 9.22. The topological polar surface area (TPSA) is 75.1 Å². The second kappa shape index (κ2) is 7.66. The highest BCUT2D eigenvalue weighted by molar-refractivity contribution is 6.91. The van der Waals surface area contributed by atoms with Crippen molar-refractivity contribution in [1.29, 1.82) is 0 Å². The Morgan fingerprint density at radius 3 is 2.48 bits per heavy atom. The van der Waals surface area contributed by atoms with Crippen molar-refractivity contribution >= 4 is 19.2 Å². The number of esters is 1. The molecule has 0 N–H and O–H groups in total. The Morgan fingerprint density at radius 2 is 2.00 bits per heavy atom. The zero-order valence-corrected chi connectivity index (χ0v) is 13.9. The second-order valence-electron chi connectivity index (χ2n) is 5.31. The molecule has 112 valence electrons. The van der Waals surface area contributed by atoms with Gasteiger partial charge in [0.2, 0.25) is 0 Å². The van der Waals surface area contributed by atoms with E-state index in [0.717, 1.165) is 0 Å². The first-order valence-corrected chi connectivity index (χ1v) is 9.87. The van der Waals surface area contributed by atoms with E-state index in [1.165, 1.54) is 12.3 Å². The molecule has 0 aliphatic rings. The van der Waals surface area contributed by atoms with Crippen LogP contribution in [0.4, 0.5) is 0 Å². The molecule has 1 aromatic rings. The van der Waals surface area contributed by atoms with Crippen LogP contribution in [0.5, 0.6) is 0 Å². The third kappa shape index (κ3) is 3.97. The molecule has 0 spiro atoms. The van der Waals surface area contributed by atoms with Gasteiger partial charge in [-0.05, 0) is 18.0 Å². The second-order valence-corrected chi connectivity index (χ2v) is 10.00. The van der Waals surface area contributed by atoms with Crippen LogP contribution in [0.3, 0.4) is 0 Å². The Hall–Kier alpha value is -2.04. The first-order valence-electron chi connectivity index (χ1n) is 6.79. The predicted octanol–water partition coefficient (Wildman–Crippen LogP) is 3.40. The van der Waals surface area contributed by atoms with Crippen LogP contribution < -0.4 is 5.19 Å². The lowest BCUT2D eigenvalue weighted by Gasteiger charge is -2.33. The highest BCUT2D eigenvalue weighted by Crippen LogP contribution is 2.30. The third-order valence-corrected chi connectivity index (χ3v) is 7.71. The van der Waals surface area contributed by atoms with Crippen molar-refractivity contribution in [3.63, 3.8) is 0 Å². The number of benzene rings is 1. The molecule has 6 heteroatoms. The maximum Gasteiger partial charge on any atom is 0.314 e. The molecule has 0 radical (unpaired) electrons. The van der Waals surface area contributed by atoms with Crippen LogP contribution in [0.1, 0.15) is 6.92 Å². The summed E-state index contributed by atoms with van der Waals surface area (Å²) in [6.07, 6.45) is 3.85.